The van der Waals surface area contributed by atoms with Gasteiger partial charge in [-0.15, -0.1) is 0 Å². The van der Waals surface area contributed by atoms with E-state index in [1.807, 2.05) is 77.1 Å². The maximum absolute atomic E-state index is 13.4. The lowest BCUT2D eigenvalue weighted by atomic mass is 10.0. The zero-order valence-corrected chi connectivity index (χ0v) is 18.4. The van der Waals surface area contributed by atoms with E-state index in [9.17, 15) is 9.59 Å². The molecule has 0 unspecified atom stereocenters. The van der Waals surface area contributed by atoms with Crippen molar-refractivity contribution in [2.75, 3.05) is 0 Å². The standard InChI is InChI=1S/C25H34N2O2/c1-6-20(5)26-25(29)23(7-2)27(17-21-13-10-11-18(3)15-21)24(28)16-22-14-9-8-12-19(22)4/h8-15,20,23H,6-7,16-17H2,1-5H3,(H,26,29)/t20-,23+/m0/s1. The van der Waals surface area contributed by atoms with Crippen LogP contribution in [0.3, 0.4) is 0 Å². The molecule has 0 saturated carbocycles. The Balaban J connectivity index is 2.31. The van der Waals surface area contributed by atoms with Gasteiger partial charge in [0.25, 0.3) is 0 Å². The van der Waals surface area contributed by atoms with Crippen molar-refractivity contribution in [3.8, 4) is 0 Å². The van der Waals surface area contributed by atoms with Crippen molar-refractivity contribution in [1.29, 1.82) is 0 Å². The van der Waals surface area contributed by atoms with Gasteiger partial charge in [-0.25, -0.2) is 0 Å². The molecule has 0 aliphatic carbocycles. The summed E-state index contributed by atoms with van der Waals surface area (Å²) in [7, 11) is 0. The Kier molecular flexibility index (Phi) is 8.44. The van der Waals surface area contributed by atoms with Gasteiger partial charge in [0.15, 0.2) is 0 Å². The van der Waals surface area contributed by atoms with Crippen LogP contribution >= 0.6 is 0 Å². The van der Waals surface area contributed by atoms with Crippen LogP contribution in [0.15, 0.2) is 48.5 Å². The van der Waals surface area contributed by atoms with E-state index in [1.54, 1.807) is 4.90 Å². The lowest BCUT2D eigenvalue weighted by Gasteiger charge is -2.32. The van der Waals surface area contributed by atoms with E-state index in [1.165, 1.54) is 0 Å². The fraction of sp³-hybridized carbons (Fsp3) is 0.440. The molecule has 2 amide bonds. The first-order valence-corrected chi connectivity index (χ1v) is 10.6. The molecule has 2 atom stereocenters. The smallest absolute Gasteiger partial charge is 0.243 e. The van der Waals surface area contributed by atoms with Crippen LogP contribution in [0.4, 0.5) is 0 Å². The molecule has 2 aromatic carbocycles. The van der Waals surface area contributed by atoms with Crippen LogP contribution in [-0.4, -0.2) is 28.8 Å². The summed E-state index contributed by atoms with van der Waals surface area (Å²) in [4.78, 5) is 28.1. The Bertz CT molecular complexity index is 831. The van der Waals surface area contributed by atoms with Gasteiger partial charge in [0.2, 0.25) is 11.8 Å². The molecule has 1 N–H and O–H groups in total. The van der Waals surface area contributed by atoms with E-state index < -0.39 is 6.04 Å². The predicted molar refractivity (Wildman–Crippen MR) is 119 cm³/mol. The van der Waals surface area contributed by atoms with Crippen LogP contribution in [0.1, 0.15) is 55.9 Å². The van der Waals surface area contributed by atoms with Gasteiger partial charge in [-0.2, -0.15) is 0 Å². The van der Waals surface area contributed by atoms with Crippen molar-refractivity contribution in [2.45, 2.75) is 72.5 Å². The average Bonchev–Trinajstić information content (AvgIpc) is 2.69. The number of carbonyl (C=O) groups is 2. The number of nitrogens with one attached hydrogen (secondary N) is 1. The second-order valence-corrected chi connectivity index (χ2v) is 7.86. The van der Waals surface area contributed by atoms with E-state index in [0.717, 1.165) is 28.7 Å². The normalized spacial score (nSPS) is 12.9. The summed E-state index contributed by atoms with van der Waals surface area (Å²) in [5.41, 5.74) is 4.28. The Morgan fingerprint density at radius 2 is 1.72 bits per heavy atom. The van der Waals surface area contributed by atoms with E-state index in [2.05, 4.69) is 11.4 Å². The second kappa shape index (κ2) is 10.8. The van der Waals surface area contributed by atoms with Crippen LogP contribution in [0, 0.1) is 13.8 Å². The molecule has 0 heterocycles. The van der Waals surface area contributed by atoms with Crippen molar-refractivity contribution < 1.29 is 9.59 Å². The lowest BCUT2D eigenvalue weighted by Crippen LogP contribution is -2.51. The zero-order chi connectivity index (χ0) is 21.4. The molecule has 4 heteroatoms. The summed E-state index contributed by atoms with van der Waals surface area (Å²) in [6.07, 6.45) is 1.73. The van der Waals surface area contributed by atoms with Gasteiger partial charge in [-0.3, -0.25) is 9.59 Å². The molecule has 0 spiro atoms. The molecule has 4 nitrogen and oxygen atoms in total. The maximum Gasteiger partial charge on any atom is 0.243 e. The molecule has 29 heavy (non-hydrogen) atoms. The van der Waals surface area contributed by atoms with Crippen LogP contribution < -0.4 is 5.32 Å². The Labute approximate surface area is 175 Å². The SMILES string of the molecule is CC[C@H](C(=O)N[C@@H](C)CC)N(Cc1cccc(C)c1)C(=O)Cc1ccccc1C. The fourth-order valence-electron chi connectivity index (χ4n) is 3.44. The van der Waals surface area contributed by atoms with E-state index in [4.69, 9.17) is 0 Å². The number of amides is 2. The van der Waals surface area contributed by atoms with E-state index in [-0.39, 0.29) is 17.9 Å². The van der Waals surface area contributed by atoms with Gasteiger partial charge in [-0.05, 0) is 50.3 Å². The van der Waals surface area contributed by atoms with E-state index in [0.29, 0.717) is 19.4 Å². The molecule has 0 saturated heterocycles. The van der Waals surface area contributed by atoms with Crippen LogP contribution in [0.5, 0.6) is 0 Å². The molecule has 2 aromatic rings. The first-order chi connectivity index (χ1) is 13.8. The highest BCUT2D eigenvalue weighted by Crippen LogP contribution is 2.17. The molecular formula is C25H34N2O2. The van der Waals surface area contributed by atoms with Gasteiger partial charge >= 0.3 is 0 Å². The minimum Gasteiger partial charge on any atom is -0.352 e. The van der Waals surface area contributed by atoms with Gasteiger partial charge < -0.3 is 10.2 Å². The molecule has 0 radical (unpaired) electrons. The number of rotatable bonds is 9. The number of aryl methyl sites for hydroxylation is 2. The largest absolute Gasteiger partial charge is 0.352 e. The third-order valence-electron chi connectivity index (χ3n) is 5.43. The second-order valence-electron chi connectivity index (χ2n) is 7.86. The third-order valence-corrected chi connectivity index (χ3v) is 5.43. The molecule has 0 aliphatic rings. The van der Waals surface area contributed by atoms with Crippen LogP contribution in [-0.2, 0) is 22.6 Å². The molecule has 0 fully saturated rings. The molecule has 0 aliphatic heterocycles. The Morgan fingerprint density at radius 1 is 1.00 bits per heavy atom. The van der Waals surface area contributed by atoms with Gasteiger partial charge in [-0.1, -0.05) is 67.9 Å². The number of benzene rings is 2. The van der Waals surface area contributed by atoms with Crippen molar-refractivity contribution in [3.63, 3.8) is 0 Å². The Hall–Kier alpha value is -2.62. The highest BCUT2D eigenvalue weighted by Gasteiger charge is 2.29. The molecule has 0 bridgehead atoms. The minimum absolute atomic E-state index is 0.0213. The fourth-order valence-corrected chi connectivity index (χ4v) is 3.44. The zero-order valence-electron chi connectivity index (χ0n) is 18.4. The summed E-state index contributed by atoms with van der Waals surface area (Å²) in [5.74, 6) is -0.0976. The quantitative estimate of drug-likeness (QED) is 0.677. The number of nitrogens with zero attached hydrogens (tertiary/aromatic N) is 1. The predicted octanol–water partition coefficient (Wildman–Crippen LogP) is 4.57. The summed E-state index contributed by atoms with van der Waals surface area (Å²) < 4.78 is 0. The summed E-state index contributed by atoms with van der Waals surface area (Å²) in [6, 6.07) is 15.7. The Morgan fingerprint density at radius 3 is 2.34 bits per heavy atom. The first kappa shape index (κ1) is 22.7. The highest BCUT2D eigenvalue weighted by atomic mass is 16.2. The maximum atomic E-state index is 13.4. The van der Waals surface area contributed by atoms with Crippen molar-refractivity contribution in [1.82, 2.24) is 10.2 Å². The first-order valence-electron chi connectivity index (χ1n) is 10.6. The number of hydrogen-bond donors (Lipinski definition) is 1. The minimum atomic E-state index is -0.485. The molecule has 0 aromatic heterocycles. The number of hydrogen-bond acceptors (Lipinski definition) is 2. The summed E-state index contributed by atoms with van der Waals surface area (Å²) in [6.45, 7) is 10.5. The summed E-state index contributed by atoms with van der Waals surface area (Å²) in [5, 5.41) is 3.06. The van der Waals surface area contributed by atoms with Crippen molar-refractivity contribution in [2.24, 2.45) is 0 Å². The summed E-state index contributed by atoms with van der Waals surface area (Å²) >= 11 is 0. The molecule has 156 valence electrons. The van der Waals surface area contributed by atoms with Gasteiger partial charge in [0, 0.05) is 12.6 Å². The lowest BCUT2D eigenvalue weighted by molar-refractivity contribution is -0.141. The van der Waals surface area contributed by atoms with Crippen LogP contribution in [0.2, 0.25) is 0 Å². The van der Waals surface area contributed by atoms with E-state index >= 15 is 0 Å². The van der Waals surface area contributed by atoms with Crippen molar-refractivity contribution in [3.05, 3.63) is 70.8 Å². The van der Waals surface area contributed by atoms with Gasteiger partial charge in [0.05, 0.1) is 6.42 Å². The molecule has 2 rings (SSSR count). The highest BCUT2D eigenvalue weighted by molar-refractivity contribution is 5.88. The van der Waals surface area contributed by atoms with Gasteiger partial charge in [0.1, 0.15) is 6.04 Å². The number of carbonyl (C=O) groups excluding carboxylic acids is 2. The van der Waals surface area contributed by atoms with Crippen LogP contribution in [0.25, 0.3) is 0 Å². The molecular weight excluding hydrogens is 360 g/mol. The topological polar surface area (TPSA) is 49.4 Å². The van der Waals surface area contributed by atoms with Crippen molar-refractivity contribution >= 4 is 11.8 Å². The average molecular weight is 395 g/mol. The third kappa shape index (κ3) is 6.45. The monoisotopic (exact) mass is 394 g/mol.